The number of hydrogen-bond acceptors (Lipinski definition) is 5. The van der Waals surface area contributed by atoms with Gasteiger partial charge in [-0.15, -0.1) is 0 Å². The summed E-state index contributed by atoms with van der Waals surface area (Å²) in [5, 5.41) is 19.1. The van der Waals surface area contributed by atoms with Crippen LogP contribution in [0.3, 0.4) is 0 Å². The first-order chi connectivity index (χ1) is 10.9. The molecule has 2 aliphatic carbocycles. The van der Waals surface area contributed by atoms with E-state index in [4.69, 9.17) is 0 Å². The van der Waals surface area contributed by atoms with E-state index < -0.39 is 15.4 Å². The number of aliphatic hydroxyl groups is 1. The summed E-state index contributed by atoms with van der Waals surface area (Å²) in [6, 6.07) is 2.37. The highest BCUT2D eigenvalue weighted by atomic mass is 32.2. The van der Waals surface area contributed by atoms with Crippen LogP contribution in [0, 0.1) is 16.7 Å². The van der Waals surface area contributed by atoms with Crippen molar-refractivity contribution in [2.24, 2.45) is 5.41 Å². The van der Waals surface area contributed by atoms with Crippen molar-refractivity contribution in [2.75, 3.05) is 18.8 Å². The zero-order valence-corrected chi connectivity index (χ0v) is 14.4. The van der Waals surface area contributed by atoms with Crippen LogP contribution < -0.4 is 4.72 Å². The van der Waals surface area contributed by atoms with E-state index >= 15 is 0 Å². The lowest BCUT2D eigenvalue weighted by Crippen LogP contribution is -2.49. The number of nitriles is 1. The van der Waals surface area contributed by atoms with Gasteiger partial charge in [0.15, 0.2) is 0 Å². The number of β-amino-alcohol motifs (C(OH)–C–C–N with tert-alkyl or cyclic N) is 1. The highest BCUT2D eigenvalue weighted by Crippen LogP contribution is 2.38. The second-order valence-electron chi connectivity index (χ2n) is 7.52. The molecule has 0 spiro atoms. The summed E-state index contributed by atoms with van der Waals surface area (Å²) in [6.45, 7) is 1.48. The largest absolute Gasteiger partial charge is 0.392 e. The second-order valence-corrected chi connectivity index (χ2v) is 9.27. The fourth-order valence-electron chi connectivity index (χ4n) is 4.56. The van der Waals surface area contributed by atoms with Gasteiger partial charge in [0, 0.05) is 25.2 Å². The third-order valence-electron chi connectivity index (χ3n) is 5.74. The van der Waals surface area contributed by atoms with E-state index in [2.05, 4.69) is 15.7 Å². The molecule has 1 unspecified atom stereocenters. The number of aliphatic hydroxyl groups excluding tert-OH is 1. The van der Waals surface area contributed by atoms with E-state index in [0.717, 1.165) is 45.1 Å². The number of sulfonamides is 1. The van der Waals surface area contributed by atoms with Gasteiger partial charge < -0.3 is 5.11 Å². The zero-order valence-electron chi connectivity index (χ0n) is 13.6. The smallest absolute Gasteiger partial charge is 0.213 e. The molecule has 0 amide bonds. The van der Waals surface area contributed by atoms with Gasteiger partial charge in [0.25, 0.3) is 0 Å². The molecule has 0 aromatic rings. The molecule has 7 heteroatoms. The van der Waals surface area contributed by atoms with Gasteiger partial charge in [-0.3, -0.25) is 4.90 Å². The van der Waals surface area contributed by atoms with Crippen LogP contribution in [-0.4, -0.2) is 55.5 Å². The summed E-state index contributed by atoms with van der Waals surface area (Å²) >= 11 is 0. The number of likely N-dealkylation sites (tertiary alicyclic amines) is 1. The molecule has 0 aromatic heterocycles. The Bertz CT molecular complexity index is 566. The molecular formula is C16H27N3O3S. The van der Waals surface area contributed by atoms with Crippen LogP contribution in [0.1, 0.15) is 51.4 Å². The monoisotopic (exact) mass is 341 g/mol. The van der Waals surface area contributed by atoms with Crippen LogP contribution in [0.2, 0.25) is 0 Å². The molecule has 130 valence electrons. The summed E-state index contributed by atoms with van der Waals surface area (Å²) in [4.78, 5) is 2.22. The third-order valence-corrected chi connectivity index (χ3v) is 7.33. The Morgan fingerprint density at radius 1 is 1.22 bits per heavy atom. The van der Waals surface area contributed by atoms with E-state index in [-0.39, 0.29) is 23.9 Å². The van der Waals surface area contributed by atoms with Crippen molar-refractivity contribution >= 4 is 10.0 Å². The lowest BCUT2D eigenvalue weighted by atomic mass is 9.91. The van der Waals surface area contributed by atoms with Gasteiger partial charge in [-0.25, -0.2) is 13.1 Å². The van der Waals surface area contributed by atoms with Crippen molar-refractivity contribution in [1.29, 1.82) is 5.26 Å². The summed E-state index contributed by atoms with van der Waals surface area (Å²) in [6.07, 6.45) is 6.59. The van der Waals surface area contributed by atoms with Crippen LogP contribution >= 0.6 is 0 Å². The predicted molar refractivity (Wildman–Crippen MR) is 87.1 cm³/mol. The van der Waals surface area contributed by atoms with E-state index in [9.17, 15) is 18.8 Å². The highest BCUT2D eigenvalue weighted by Gasteiger charge is 2.42. The summed E-state index contributed by atoms with van der Waals surface area (Å²) in [5.41, 5.74) is -0.691. The van der Waals surface area contributed by atoms with E-state index in [1.807, 2.05) is 0 Å². The van der Waals surface area contributed by atoms with Crippen molar-refractivity contribution < 1.29 is 13.5 Å². The molecular weight excluding hydrogens is 314 g/mol. The minimum Gasteiger partial charge on any atom is -0.392 e. The molecule has 0 radical (unpaired) electrons. The average Bonchev–Trinajstić information content (AvgIpc) is 3.20. The van der Waals surface area contributed by atoms with Gasteiger partial charge in [0.05, 0.1) is 23.3 Å². The lowest BCUT2D eigenvalue weighted by Gasteiger charge is -2.30. The molecule has 3 aliphatic rings. The number of hydrogen-bond donors (Lipinski definition) is 2. The maximum atomic E-state index is 12.6. The number of rotatable bonds is 5. The average molecular weight is 341 g/mol. The number of nitrogens with one attached hydrogen (secondary N) is 1. The van der Waals surface area contributed by atoms with Crippen molar-refractivity contribution in [3.05, 3.63) is 0 Å². The maximum absolute atomic E-state index is 12.6. The molecule has 1 heterocycles. The highest BCUT2D eigenvalue weighted by molar-refractivity contribution is 7.89. The zero-order chi connectivity index (χ0) is 16.5. The standard InChI is InChI=1S/C16H27N3O3S/c17-11-16(7-1-2-8-16)12-23(21,22)18-14-4-3-5-15(14)19-9-6-13(20)10-19/h13-15,18,20H,1-10,12H2/t13?,14-,15+/m1/s1. The fourth-order valence-corrected chi connectivity index (χ4v) is 6.46. The molecule has 1 aliphatic heterocycles. The molecule has 0 aromatic carbocycles. The molecule has 3 rings (SSSR count). The van der Waals surface area contributed by atoms with Gasteiger partial charge in [-0.2, -0.15) is 5.26 Å². The topological polar surface area (TPSA) is 93.4 Å². The first kappa shape index (κ1) is 17.2. The summed E-state index contributed by atoms with van der Waals surface area (Å²) < 4.78 is 28.1. The van der Waals surface area contributed by atoms with Crippen LogP contribution in [0.25, 0.3) is 0 Å². The van der Waals surface area contributed by atoms with E-state index in [1.54, 1.807) is 0 Å². The third kappa shape index (κ3) is 3.87. The Balaban J connectivity index is 1.64. The van der Waals surface area contributed by atoms with Crippen LogP contribution in [0.4, 0.5) is 0 Å². The van der Waals surface area contributed by atoms with Crippen molar-refractivity contribution in [1.82, 2.24) is 9.62 Å². The maximum Gasteiger partial charge on any atom is 0.213 e. The molecule has 2 saturated carbocycles. The fraction of sp³-hybridized carbons (Fsp3) is 0.938. The first-order valence-electron chi connectivity index (χ1n) is 8.76. The minimum atomic E-state index is -3.46. The summed E-state index contributed by atoms with van der Waals surface area (Å²) in [7, 11) is -3.46. The second kappa shape index (κ2) is 6.67. The molecule has 3 fully saturated rings. The molecule has 1 saturated heterocycles. The van der Waals surface area contributed by atoms with Gasteiger partial charge in [-0.1, -0.05) is 19.3 Å². The lowest BCUT2D eigenvalue weighted by molar-refractivity contribution is 0.153. The van der Waals surface area contributed by atoms with Crippen LogP contribution in [0.5, 0.6) is 0 Å². The van der Waals surface area contributed by atoms with Gasteiger partial charge in [0.2, 0.25) is 10.0 Å². The van der Waals surface area contributed by atoms with Crippen molar-refractivity contribution in [3.8, 4) is 6.07 Å². The molecule has 0 bridgehead atoms. The van der Waals surface area contributed by atoms with Gasteiger partial charge in [-0.05, 0) is 32.1 Å². The Kier molecular flexibility index (Phi) is 4.98. The number of nitrogens with zero attached hydrogens (tertiary/aromatic N) is 2. The van der Waals surface area contributed by atoms with Crippen molar-refractivity contribution in [3.63, 3.8) is 0 Å². The normalized spacial score (nSPS) is 34.7. The van der Waals surface area contributed by atoms with Crippen molar-refractivity contribution in [2.45, 2.75) is 69.6 Å². The molecule has 3 atom stereocenters. The van der Waals surface area contributed by atoms with Gasteiger partial charge in [0.1, 0.15) is 0 Å². The Hall–Kier alpha value is -0.680. The van der Waals surface area contributed by atoms with Gasteiger partial charge >= 0.3 is 0 Å². The van der Waals surface area contributed by atoms with Crippen LogP contribution in [-0.2, 0) is 10.0 Å². The first-order valence-corrected chi connectivity index (χ1v) is 10.4. The van der Waals surface area contributed by atoms with E-state index in [0.29, 0.717) is 19.4 Å². The molecule has 2 N–H and O–H groups in total. The minimum absolute atomic E-state index is 0.0671. The molecule has 6 nitrogen and oxygen atoms in total. The predicted octanol–water partition coefficient (Wildman–Crippen LogP) is 0.977. The molecule has 23 heavy (non-hydrogen) atoms. The Morgan fingerprint density at radius 2 is 1.96 bits per heavy atom. The SMILES string of the molecule is N#CC1(CS(=O)(=O)N[C@@H]2CCC[C@@H]2N2CCC(O)C2)CCCC1. The summed E-state index contributed by atoms with van der Waals surface area (Å²) in [5.74, 6) is -0.0671. The quantitative estimate of drug-likeness (QED) is 0.777. The van der Waals surface area contributed by atoms with Crippen LogP contribution in [0.15, 0.2) is 0 Å². The van der Waals surface area contributed by atoms with E-state index in [1.165, 1.54) is 0 Å². The Morgan fingerprint density at radius 3 is 2.57 bits per heavy atom. The Labute approximate surface area is 138 Å².